The maximum atomic E-state index is 10.8. The fraction of sp³-hybridized carbons (Fsp3) is 0.611. The maximum absolute atomic E-state index is 10.8. The number of rotatable bonds is 9. The highest BCUT2D eigenvalue weighted by molar-refractivity contribution is 5.87. The third-order valence-corrected chi connectivity index (χ3v) is 4.31. The molecule has 1 aromatic rings. The van der Waals surface area contributed by atoms with Crippen LogP contribution >= 0.6 is 0 Å². The molecule has 0 atom stereocenters. The molecule has 22 heavy (non-hydrogen) atoms. The molecule has 1 aromatic carbocycles. The van der Waals surface area contributed by atoms with Crippen molar-refractivity contribution in [3.63, 3.8) is 0 Å². The Bertz CT molecular complexity index is 439. The van der Waals surface area contributed by atoms with E-state index in [0.717, 1.165) is 18.7 Å². The summed E-state index contributed by atoms with van der Waals surface area (Å²) in [6.45, 7) is 5.69. The average Bonchev–Trinajstić information content (AvgIpc) is 2.55. The van der Waals surface area contributed by atoms with Gasteiger partial charge in [-0.25, -0.2) is 4.79 Å². The molecular weight excluding hydrogens is 276 g/mol. The Kier molecular flexibility index (Phi) is 7.40. The van der Waals surface area contributed by atoms with Gasteiger partial charge in [-0.2, -0.15) is 0 Å². The van der Waals surface area contributed by atoms with Crippen molar-refractivity contribution in [2.45, 2.75) is 45.1 Å². The third kappa shape index (κ3) is 6.16. The summed E-state index contributed by atoms with van der Waals surface area (Å²) in [6.07, 6.45) is 7.95. The van der Waals surface area contributed by atoms with Crippen LogP contribution in [0.25, 0.3) is 0 Å². The lowest BCUT2D eigenvalue weighted by Crippen LogP contribution is -2.30. The van der Waals surface area contributed by atoms with Crippen molar-refractivity contribution in [2.75, 3.05) is 26.2 Å². The Morgan fingerprint density at radius 1 is 1.05 bits per heavy atom. The summed E-state index contributed by atoms with van der Waals surface area (Å²) in [6, 6.07) is 7.09. The second-order valence-electron chi connectivity index (χ2n) is 6.14. The van der Waals surface area contributed by atoms with Crippen molar-refractivity contribution in [1.82, 2.24) is 10.2 Å². The first-order valence-electron chi connectivity index (χ1n) is 8.51. The van der Waals surface area contributed by atoms with Gasteiger partial charge in [0, 0.05) is 6.54 Å². The number of aromatic carboxylic acids is 1. The highest BCUT2D eigenvalue weighted by Crippen LogP contribution is 2.10. The first kappa shape index (κ1) is 17.0. The van der Waals surface area contributed by atoms with Crippen molar-refractivity contribution in [1.29, 1.82) is 0 Å². The summed E-state index contributed by atoms with van der Waals surface area (Å²) in [7, 11) is 0. The normalized spacial score (nSPS) is 15.8. The Hall–Kier alpha value is -1.39. The average molecular weight is 304 g/mol. The van der Waals surface area contributed by atoms with Crippen LogP contribution < -0.4 is 5.32 Å². The zero-order valence-corrected chi connectivity index (χ0v) is 13.4. The summed E-state index contributed by atoms with van der Waals surface area (Å²) in [5, 5.41) is 12.3. The summed E-state index contributed by atoms with van der Waals surface area (Å²) >= 11 is 0. The molecule has 0 bridgehead atoms. The van der Waals surface area contributed by atoms with Gasteiger partial charge in [0.25, 0.3) is 0 Å². The molecule has 122 valence electrons. The first-order valence-corrected chi connectivity index (χ1v) is 8.51. The van der Waals surface area contributed by atoms with E-state index in [1.807, 2.05) is 12.1 Å². The van der Waals surface area contributed by atoms with Gasteiger partial charge in [0.05, 0.1) is 5.56 Å². The molecule has 0 radical (unpaired) electrons. The highest BCUT2D eigenvalue weighted by Gasteiger charge is 2.08. The minimum Gasteiger partial charge on any atom is -0.478 e. The predicted molar refractivity (Wildman–Crippen MR) is 89.3 cm³/mol. The number of nitrogens with one attached hydrogen (secondary N) is 1. The van der Waals surface area contributed by atoms with Crippen LogP contribution in [0.15, 0.2) is 24.3 Å². The van der Waals surface area contributed by atoms with Gasteiger partial charge < -0.3 is 15.3 Å². The van der Waals surface area contributed by atoms with E-state index in [-0.39, 0.29) is 0 Å². The minimum absolute atomic E-state index is 0.349. The van der Waals surface area contributed by atoms with Gasteiger partial charge in [0.15, 0.2) is 0 Å². The first-order chi connectivity index (χ1) is 10.8. The van der Waals surface area contributed by atoms with Crippen LogP contribution in [0, 0.1) is 0 Å². The Morgan fingerprint density at radius 2 is 1.77 bits per heavy atom. The van der Waals surface area contributed by atoms with Crippen LogP contribution in [0.1, 0.15) is 54.4 Å². The topological polar surface area (TPSA) is 52.6 Å². The van der Waals surface area contributed by atoms with Crippen molar-refractivity contribution >= 4 is 5.97 Å². The smallest absolute Gasteiger partial charge is 0.335 e. The standard InChI is InChI=1S/C18H28N2O2/c21-18(22)17-9-7-16(8-10-17)15-19-11-3-1-4-12-20-13-5-2-6-14-20/h7-10,19H,1-6,11-15H2,(H,21,22). The van der Waals surface area contributed by atoms with E-state index in [0.29, 0.717) is 5.56 Å². The molecule has 4 heteroatoms. The van der Waals surface area contributed by atoms with E-state index in [9.17, 15) is 4.79 Å². The van der Waals surface area contributed by atoms with Gasteiger partial charge in [0.2, 0.25) is 0 Å². The van der Waals surface area contributed by atoms with E-state index < -0.39 is 5.97 Å². The molecule has 1 aliphatic rings. The number of nitrogens with zero attached hydrogens (tertiary/aromatic N) is 1. The SMILES string of the molecule is O=C(O)c1ccc(CNCCCCCN2CCCCC2)cc1. The second kappa shape index (κ2) is 9.59. The lowest BCUT2D eigenvalue weighted by molar-refractivity contribution is 0.0697. The second-order valence-corrected chi connectivity index (χ2v) is 6.14. The van der Waals surface area contributed by atoms with Gasteiger partial charge >= 0.3 is 5.97 Å². The van der Waals surface area contributed by atoms with E-state index >= 15 is 0 Å². The Balaban J connectivity index is 1.49. The van der Waals surface area contributed by atoms with Crippen LogP contribution in [0.2, 0.25) is 0 Å². The summed E-state index contributed by atoms with van der Waals surface area (Å²) < 4.78 is 0. The van der Waals surface area contributed by atoms with Crippen LogP contribution in [0.4, 0.5) is 0 Å². The van der Waals surface area contributed by atoms with Crippen LogP contribution in [0.3, 0.4) is 0 Å². The lowest BCUT2D eigenvalue weighted by Gasteiger charge is -2.26. The van der Waals surface area contributed by atoms with E-state index in [4.69, 9.17) is 5.11 Å². The van der Waals surface area contributed by atoms with Crippen molar-refractivity contribution in [3.8, 4) is 0 Å². The van der Waals surface area contributed by atoms with E-state index in [1.165, 1.54) is 58.2 Å². The van der Waals surface area contributed by atoms with Crippen LogP contribution in [0.5, 0.6) is 0 Å². The number of hydrogen-bond acceptors (Lipinski definition) is 3. The fourth-order valence-electron chi connectivity index (χ4n) is 2.94. The fourth-order valence-corrected chi connectivity index (χ4v) is 2.94. The van der Waals surface area contributed by atoms with Gasteiger partial charge in [-0.05, 0) is 69.6 Å². The number of unbranched alkanes of at least 4 members (excludes halogenated alkanes) is 2. The molecule has 4 nitrogen and oxygen atoms in total. The summed E-state index contributed by atoms with van der Waals surface area (Å²) in [4.78, 5) is 13.4. The van der Waals surface area contributed by atoms with Gasteiger partial charge in [-0.3, -0.25) is 0 Å². The molecular formula is C18H28N2O2. The molecule has 2 N–H and O–H groups in total. The number of piperidine rings is 1. The minimum atomic E-state index is -0.867. The number of carboxylic acids is 1. The number of carboxylic acid groups (broad SMARTS) is 1. The highest BCUT2D eigenvalue weighted by atomic mass is 16.4. The zero-order valence-electron chi connectivity index (χ0n) is 13.4. The predicted octanol–water partition coefficient (Wildman–Crippen LogP) is 3.13. The van der Waals surface area contributed by atoms with Crippen LogP contribution in [-0.4, -0.2) is 42.2 Å². The molecule has 0 spiro atoms. The van der Waals surface area contributed by atoms with Gasteiger partial charge in [-0.1, -0.05) is 25.0 Å². The molecule has 0 aliphatic carbocycles. The molecule has 2 rings (SSSR count). The Labute approximate surface area is 133 Å². The number of likely N-dealkylation sites (tertiary alicyclic amines) is 1. The number of benzene rings is 1. The lowest BCUT2D eigenvalue weighted by atomic mass is 10.1. The Morgan fingerprint density at radius 3 is 2.45 bits per heavy atom. The zero-order chi connectivity index (χ0) is 15.6. The van der Waals surface area contributed by atoms with E-state index in [2.05, 4.69) is 10.2 Å². The monoisotopic (exact) mass is 304 g/mol. The number of hydrogen-bond donors (Lipinski definition) is 2. The molecule has 1 heterocycles. The van der Waals surface area contributed by atoms with Gasteiger partial charge in [-0.15, -0.1) is 0 Å². The van der Waals surface area contributed by atoms with Crippen molar-refractivity contribution in [3.05, 3.63) is 35.4 Å². The van der Waals surface area contributed by atoms with E-state index in [1.54, 1.807) is 12.1 Å². The van der Waals surface area contributed by atoms with Crippen molar-refractivity contribution < 1.29 is 9.90 Å². The quantitative estimate of drug-likeness (QED) is 0.688. The molecule has 1 aliphatic heterocycles. The van der Waals surface area contributed by atoms with Crippen molar-refractivity contribution in [2.24, 2.45) is 0 Å². The molecule has 0 unspecified atom stereocenters. The third-order valence-electron chi connectivity index (χ3n) is 4.31. The molecule has 1 saturated heterocycles. The molecule has 0 saturated carbocycles. The number of carbonyl (C=O) groups is 1. The summed E-state index contributed by atoms with van der Waals surface area (Å²) in [5.74, 6) is -0.867. The molecule has 1 fully saturated rings. The molecule has 0 aromatic heterocycles. The largest absolute Gasteiger partial charge is 0.478 e. The molecule has 0 amide bonds. The van der Waals surface area contributed by atoms with Crippen LogP contribution in [-0.2, 0) is 6.54 Å². The van der Waals surface area contributed by atoms with Gasteiger partial charge in [0.1, 0.15) is 0 Å². The summed E-state index contributed by atoms with van der Waals surface area (Å²) in [5.41, 5.74) is 1.49. The maximum Gasteiger partial charge on any atom is 0.335 e.